The largest absolute Gasteiger partial charge is 0.466 e. The number of nitrogens with zero attached hydrogens (tertiary/aromatic N) is 3. The normalized spacial score (nSPS) is 11.9. The zero-order valence-corrected chi connectivity index (χ0v) is 13.9. The number of pyridine rings is 1. The first-order chi connectivity index (χ1) is 11.7. The lowest BCUT2D eigenvalue weighted by Gasteiger charge is -2.09. The van der Waals surface area contributed by atoms with Crippen molar-refractivity contribution >= 4 is 23.2 Å². The molecule has 0 aromatic carbocycles. The zero-order valence-electron chi connectivity index (χ0n) is 13.1. The Labute approximate surface area is 144 Å². The lowest BCUT2D eigenvalue weighted by atomic mass is 10.2. The maximum atomic E-state index is 12.9. The molecule has 0 fully saturated rings. The van der Waals surface area contributed by atoms with E-state index in [1.807, 2.05) is 0 Å². The predicted molar refractivity (Wildman–Crippen MR) is 82.4 cm³/mol. The van der Waals surface area contributed by atoms with Crippen molar-refractivity contribution in [2.75, 3.05) is 0 Å². The molecule has 0 unspecified atom stereocenters. The summed E-state index contributed by atoms with van der Waals surface area (Å²) in [6, 6.07) is 2.36. The number of nitrogens with one attached hydrogen (secondary N) is 1. The highest BCUT2D eigenvalue weighted by Crippen LogP contribution is 2.32. The molecule has 3 aromatic heterocycles. The van der Waals surface area contributed by atoms with Crippen molar-refractivity contribution in [1.29, 1.82) is 0 Å². The number of carbonyl (C=O) groups is 1. The number of alkyl halides is 3. The van der Waals surface area contributed by atoms with Crippen LogP contribution in [0.3, 0.4) is 0 Å². The van der Waals surface area contributed by atoms with Crippen molar-refractivity contribution in [3.8, 4) is 0 Å². The van der Waals surface area contributed by atoms with Crippen LogP contribution < -0.4 is 5.32 Å². The summed E-state index contributed by atoms with van der Waals surface area (Å²) in [4.78, 5) is 12.2. The van der Waals surface area contributed by atoms with Gasteiger partial charge in [0.2, 0.25) is 0 Å². The van der Waals surface area contributed by atoms with E-state index >= 15 is 0 Å². The number of aryl methyl sites for hydroxylation is 2. The average Bonchev–Trinajstić information content (AvgIpc) is 3.07. The topological polar surface area (TPSA) is 72.4 Å². The van der Waals surface area contributed by atoms with E-state index in [2.05, 4.69) is 15.5 Å². The molecule has 0 bridgehead atoms. The van der Waals surface area contributed by atoms with Gasteiger partial charge in [0.1, 0.15) is 11.5 Å². The van der Waals surface area contributed by atoms with Gasteiger partial charge in [0, 0.05) is 6.20 Å². The highest BCUT2D eigenvalue weighted by Gasteiger charge is 2.32. The molecule has 0 aliphatic heterocycles. The van der Waals surface area contributed by atoms with Crippen LogP contribution in [0.1, 0.15) is 33.3 Å². The Morgan fingerprint density at radius 2 is 2.04 bits per heavy atom. The molecule has 1 N–H and O–H groups in total. The van der Waals surface area contributed by atoms with Gasteiger partial charge in [0.25, 0.3) is 5.91 Å². The summed E-state index contributed by atoms with van der Waals surface area (Å²) in [5, 5.41) is 9.95. The molecule has 0 aliphatic carbocycles. The Kier molecular flexibility index (Phi) is 4.19. The molecule has 0 aliphatic rings. The van der Waals surface area contributed by atoms with Crippen LogP contribution >= 0.6 is 11.6 Å². The minimum atomic E-state index is -4.56. The van der Waals surface area contributed by atoms with Gasteiger partial charge in [0.15, 0.2) is 11.5 Å². The number of halogens is 4. The van der Waals surface area contributed by atoms with Crippen LogP contribution in [-0.4, -0.2) is 20.5 Å². The molecule has 3 heterocycles. The van der Waals surface area contributed by atoms with Crippen molar-refractivity contribution in [3.63, 3.8) is 0 Å². The van der Waals surface area contributed by atoms with Crippen molar-refractivity contribution in [2.24, 2.45) is 0 Å². The molecule has 3 rings (SSSR count). The highest BCUT2D eigenvalue weighted by atomic mass is 35.5. The molecule has 0 radical (unpaired) electrons. The molecule has 0 saturated heterocycles. The van der Waals surface area contributed by atoms with Crippen molar-refractivity contribution < 1.29 is 22.4 Å². The van der Waals surface area contributed by atoms with Crippen molar-refractivity contribution in [3.05, 3.63) is 51.8 Å². The van der Waals surface area contributed by atoms with Crippen LogP contribution in [0.25, 0.3) is 5.65 Å². The predicted octanol–water partition coefficient (Wildman–Crippen LogP) is 3.54. The molecule has 10 heteroatoms. The van der Waals surface area contributed by atoms with Crippen LogP contribution in [-0.2, 0) is 12.7 Å². The van der Waals surface area contributed by atoms with Crippen LogP contribution in [0, 0.1) is 13.8 Å². The third kappa shape index (κ3) is 3.32. The molecule has 0 spiro atoms. The minimum Gasteiger partial charge on any atom is -0.466 e. The fourth-order valence-electron chi connectivity index (χ4n) is 2.39. The summed E-state index contributed by atoms with van der Waals surface area (Å²) >= 11 is 5.84. The van der Waals surface area contributed by atoms with Gasteiger partial charge in [-0.2, -0.15) is 13.2 Å². The standard InChI is InChI=1S/C15H12ClF3N4O2/c1-7-3-10(8(2)25-7)14(24)20-5-12-21-22-13-11(16)4-9(6-23(12)13)15(17,18)19/h3-4,6H,5H2,1-2H3,(H,20,24). The number of hydrogen-bond acceptors (Lipinski definition) is 4. The van der Waals surface area contributed by atoms with Gasteiger partial charge in [-0.05, 0) is 26.0 Å². The van der Waals surface area contributed by atoms with E-state index in [1.54, 1.807) is 19.9 Å². The molecule has 6 nitrogen and oxygen atoms in total. The summed E-state index contributed by atoms with van der Waals surface area (Å²) in [7, 11) is 0. The van der Waals surface area contributed by atoms with Gasteiger partial charge in [-0.1, -0.05) is 11.6 Å². The van der Waals surface area contributed by atoms with E-state index in [-0.39, 0.29) is 23.0 Å². The lowest BCUT2D eigenvalue weighted by Crippen LogP contribution is -2.24. The lowest BCUT2D eigenvalue weighted by molar-refractivity contribution is -0.137. The molecular weight excluding hydrogens is 361 g/mol. The van der Waals surface area contributed by atoms with E-state index in [0.717, 1.165) is 16.7 Å². The first-order valence-corrected chi connectivity index (χ1v) is 7.50. The molecule has 0 saturated carbocycles. The number of fused-ring (bicyclic) bond motifs is 1. The van der Waals surface area contributed by atoms with E-state index in [1.165, 1.54) is 0 Å². The maximum Gasteiger partial charge on any atom is 0.417 e. The van der Waals surface area contributed by atoms with Gasteiger partial charge >= 0.3 is 6.18 Å². The first kappa shape index (κ1) is 17.3. The Balaban J connectivity index is 1.88. The molecule has 132 valence electrons. The van der Waals surface area contributed by atoms with Gasteiger partial charge in [-0.25, -0.2) is 0 Å². The number of carbonyl (C=O) groups excluding carboxylic acids is 1. The molecule has 3 aromatic rings. The smallest absolute Gasteiger partial charge is 0.417 e. The summed E-state index contributed by atoms with van der Waals surface area (Å²) in [5.74, 6) is 0.721. The van der Waals surface area contributed by atoms with Gasteiger partial charge < -0.3 is 9.73 Å². The van der Waals surface area contributed by atoms with Crippen molar-refractivity contribution in [2.45, 2.75) is 26.6 Å². The van der Waals surface area contributed by atoms with Crippen LogP contribution in [0.4, 0.5) is 13.2 Å². The molecule has 0 atom stereocenters. The van der Waals surface area contributed by atoms with Crippen LogP contribution in [0.5, 0.6) is 0 Å². The second kappa shape index (κ2) is 6.07. The zero-order chi connectivity index (χ0) is 18.4. The quantitative estimate of drug-likeness (QED) is 0.763. The number of furan rings is 1. The number of aromatic nitrogens is 3. The second-order valence-electron chi connectivity index (χ2n) is 5.39. The first-order valence-electron chi connectivity index (χ1n) is 7.12. The number of amides is 1. The Morgan fingerprint density at radius 3 is 2.64 bits per heavy atom. The van der Waals surface area contributed by atoms with Crippen molar-refractivity contribution in [1.82, 2.24) is 19.9 Å². The summed E-state index contributed by atoms with van der Waals surface area (Å²) in [6.45, 7) is 3.22. The Bertz CT molecular complexity index is 962. The fourth-order valence-corrected chi connectivity index (χ4v) is 2.63. The van der Waals surface area contributed by atoms with E-state index in [9.17, 15) is 18.0 Å². The van der Waals surface area contributed by atoms with Gasteiger partial charge in [-0.3, -0.25) is 9.20 Å². The minimum absolute atomic E-state index is 0.0780. The SMILES string of the molecule is Cc1cc(C(=O)NCc2nnc3c(Cl)cc(C(F)(F)F)cn23)c(C)o1. The second-order valence-corrected chi connectivity index (χ2v) is 5.80. The molecule has 1 amide bonds. The number of hydrogen-bond donors (Lipinski definition) is 1. The van der Waals surface area contributed by atoms with E-state index in [0.29, 0.717) is 17.1 Å². The summed E-state index contributed by atoms with van der Waals surface area (Å²) in [5.41, 5.74) is -0.506. The highest BCUT2D eigenvalue weighted by molar-refractivity contribution is 6.33. The molecule has 25 heavy (non-hydrogen) atoms. The third-order valence-corrected chi connectivity index (χ3v) is 3.83. The monoisotopic (exact) mass is 372 g/mol. The van der Waals surface area contributed by atoms with Crippen LogP contribution in [0.2, 0.25) is 5.02 Å². The summed E-state index contributed by atoms with van der Waals surface area (Å²) in [6.07, 6.45) is -3.72. The number of rotatable bonds is 3. The van der Waals surface area contributed by atoms with Crippen LogP contribution in [0.15, 0.2) is 22.7 Å². The van der Waals surface area contributed by atoms with E-state index in [4.69, 9.17) is 16.0 Å². The molecular formula is C15H12ClF3N4O2. The fraction of sp³-hybridized carbons (Fsp3) is 0.267. The maximum absolute atomic E-state index is 12.9. The Morgan fingerprint density at radius 1 is 1.32 bits per heavy atom. The summed E-state index contributed by atoms with van der Waals surface area (Å²) < 4.78 is 45.2. The average molecular weight is 373 g/mol. The van der Waals surface area contributed by atoms with E-state index < -0.39 is 17.6 Å². The third-order valence-electron chi connectivity index (χ3n) is 3.55. The van der Waals surface area contributed by atoms with Gasteiger partial charge in [0.05, 0.1) is 22.7 Å². The Hall–Kier alpha value is -2.55. The van der Waals surface area contributed by atoms with Gasteiger partial charge in [-0.15, -0.1) is 10.2 Å².